The summed E-state index contributed by atoms with van der Waals surface area (Å²) < 4.78 is 5.55. The molecular weight excluding hydrogens is 252 g/mol. The van der Waals surface area contributed by atoms with Crippen molar-refractivity contribution >= 4 is 11.6 Å². The average molecular weight is 274 g/mol. The molecule has 0 saturated carbocycles. The van der Waals surface area contributed by atoms with Crippen LogP contribution in [-0.4, -0.2) is 12.5 Å². The molecule has 0 atom stereocenters. The highest BCUT2D eigenvalue weighted by atomic mass is 16.5. The van der Waals surface area contributed by atoms with Gasteiger partial charge in [-0.3, -0.25) is 4.79 Å². The van der Waals surface area contributed by atoms with Gasteiger partial charge in [-0.25, -0.2) is 0 Å². The van der Waals surface area contributed by atoms with E-state index in [0.717, 1.165) is 12.8 Å². The molecule has 20 heavy (non-hydrogen) atoms. The van der Waals surface area contributed by atoms with Crippen LogP contribution in [-0.2, 0) is 4.79 Å². The molecule has 0 aromatic heterocycles. The van der Waals surface area contributed by atoms with Gasteiger partial charge in [0.1, 0.15) is 11.8 Å². The highest BCUT2D eigenvalue weighted by Gasteiger charge is 2.22. The van der Waals surface area contributed by atoms with Gasteiger partial charge in [0.2, 0.25) is 5.91 Å². The van der Waals surface area contributed by atoms with Crippen molar-refractivity contribution in [1.29, 1.82) is 5.26 Å². The molecule has 0 aliphatic rings. The van der Waals surface area contributed by atoms with E-state index >= 15 is 0 Å². The second-order valence-electron chi connectivity index (χ2n) is 5.73. The zero-order valence-corrected chi connectivity index (χ0v) is 12.6. The minimum atomic E-state index is -0.497. The number of ether oxygens (including phenoxy) is 1. The Bertz CT molecular complexity index is 510. The second-order valence-corrected chi connectivity index (χ2v) is 5.73. The minimum absolute atomic E-state index is 0.117. The molecule has 4 heteroatoms. The van der Waals surface area contributed by atoms with Crippen LogP contribution in [0.15, 0.2) is 18.2 Å². The molecule has 108 valence electrons. The highest BCUT2D eigenvalue weighted by Crippen LogP contribution is 2.24. The molecule has 1 aromatic carbocycles. The van der Waals surface area contributed by atoms with E-state index in [-0.39, 0.29) is 5.91 Å². The molecule has 0 aliphatic heterocycles. The monoisotopic (exact) mass is 274 g/mol. The summed E-state index contributed by atoms with van der Waals surface area (Å²) in [7, 11) is 0. The minimum Gasteiger partial charge on any atom is -0.494 e. The molecule has 0 aliphatic carbocycles. The molecular formula is C16H22N2O2. The summed E-state index contributed by atoms with van der Waals surface area (Å²) in [5, 5.41) is 12.0. The Balaban J connectivity index is 2.84. The van der Waals surface area contributed by atoms with E-state index in [1.807, 2.05) is 20.8 Å². The molecule has 0 fully saturated rings. The van der Waals surface area contributed by atoms with Crippen molar-refractivity contribution in [1.82, 2.24) is 0 Å². The summed E-state index contributed by atoms with van der Waals surface area (Å²) in [6.45, 7) is 8.22. The van der Waals surface area contributed by atoms with Crippen LogP contribution in [0, 0.1) is 16.7 Å². The van der Waals surface area contributed by atoms with Crippen molar-refractivity contribution in [3.8, 4) is 11.8 Å². The Morgan fingerprint density at radius 1 is 1.40 bits per heavy atom. The smallest absolute Gasteiger partial charge is 0.229 e. The van der Waals surface area contributed by atoms with Gasteiger partial charge in [0, 0.05) is 5.41 Å². The number of nitrogens with one attached hydrogen (secondary N) is 1. The molecule has 1 aromatic rings. The number of benzene rings is 1. The van der Waals surface area contributed by atoms with Gasteiger partial charge in [-0.15, -0.1) is 0 Å². The van der Waals surface area contributed by atoms with Crippen LogP contribution in [0.25, 0.3) is 0 Å². The predicted octanol–water partition coefficient (Wildman–Crippen LogP) is 3.72. The maximum absolute atomic E-state index is 11.9. The number of hydrogen-bond acceptors (Lipinski definition) is 3. The third-order valence-electron chi connectivity index (χ3n) is 2.81. The second kappa shape index (κ2) is 6.95. The number of anilines is 1. The van der Waals surface area contributed by atoms with E-state index in [1.54, 1.807) is 18.2 Å². The number of rotatable bonds is 5. The Morgan fingerprint density at radius 2 is 2.10 bits per heavy atom. The third-order valence-corrected chi connectivity index (χ3v) is 2.81. The van der Waals surface area contributed by atoms with Crippen LogP contribution in [0.1, 0.15) is 46.1 Å². The van der Waals surface area contributed by atoms with Crippen molar-refractivity contribution in [2.45, 2.75) is 40.5 Å². The molecule has 0 bridgehead atoms. The van der Waals surface area contributed by atoms with Crippen LogP contribution < -0.4 is 10.1 Å². The number of hydrogen-bond donors (Lipinski definition) is 1. The highest BCUT2D eigenvalue weighted by molar-refractivity contribution is 5.95. The van der Waals surface area contributed by atoms with Gasteiger partial charge < -0.3 is 10.1 Å². The van der Waals surface area contributed by atoms with Crippen LogP contribution in [0.3, 0.4) is 0 Å². The molecule has 4 nitrogen and oxygen atoms in total. The molecule has 0 heterocycles. The van der Waals surface area contributed by atoms with E-state index in [0.29, 0.717) is 23.6 Å². The summed E-state index contributed by atoms with van der Waals surface area (Å²) in [4.78, 5) is 11.9. The predicted molar refractivity (Wildman–Crippen MR) is 79.6 cm³/mol. The van der Waals surface area contributed by atoms with E-state index in [2.05, 4.69) is 18.3 Å². The van der Waals surface area contributed by atoms with E-state index in [4.69, 9.17) is 4.74 Å². The lowest BCUT2D eigenvalue weighted by Crippen LogP contribution is -2.27. The zero-order valence-electron chi connectivity index (χ0n) is 12.6. The number of carbonyl (C=O) groups excluding carboxylic acids is 1. The van der Waals surface area contributed by atoms with Crippen LogP contribution in [0.2, 0.25) is 0 Å². The van der Waals surface area contributed by atoms with Gasteiger partial charge in [0.25, 0.3) is 0 Å². The largest absolute Gasteiger partial charge is 0.494 e. The van der Waals surface area contributed by atoms with Gasteiger partial charge in [0.15, 0.2) is 0 Å². The third kappa shape index (κ3) is 4.58. The number of unbranched alkanes of at least 4 members (excludes halogenated alkanes) is 1. The maximum Gasteiger partial charge on any atom is 0.229 e. The Hall–Kier alpha value is -2.02. The van der Waals surface area contributed by atoms with Gasteiger partial charge in [-0.1, -0.05) is 34.1 Å². The lowest BCUT2D eigenvalue weighted by Gasteiger charge is -2.18. The van der Waals surface area contributed by atoms with Crippen LogP contribution >= 0.6 is 0 Å². The Labute approximate surface area is 120 Å². The van der Waals surface area contributed by atoms with Crippen molar-refractivity contribution in [2.24, 2.45) is 5.41 Å². The van der Waals surface area contributed by atoms with Gasteiger partial charge in [-0.05, 0) is 24.6 Å². The zero-order chi connectivity index (χ0) is 15.2. The van der Waals surface area contributed by atoms with Crippen molar-refractivity contribution in [3.63, 3.8) is 0 Å². The molecule has 0 radical (unpaired) electrons. The lowest BCUT2D eigenvalue weighted by molar-refractivity contribution is -0.123. The summed E-state index contributed by atoms with van der Waals surface area (Å²) in [6, 6.07) is 7.23. The fourth-order valence-corrected chi connectivity index (χ4v) is 1.46. The maximum atomic E-state index is 11.9. The Kier molecular flexibility index (Phi) is 5.57. The van der Waals surface area contributed by atoms with Crippen molar-refractivity contribution in [2.75, 3.05) is 11.9 Å². The number of nitriles is 1. The Morgan fingerprint density at radius 3 is 2.65 bits per heavy atom. The quantitative estimate of drug-likeness (QED) is 0.832. The van der Waals surface area contributed by atoms with Gasteiger partial charge in [0.05, 0.1) is 17.9 Å². The van der Waals surface area contributed by atoms with Crippen molar-refractivity contribution < 1.29 is 9.53 Å². The van der Waals surface area contributed by atoms with Crippen LogP contribution in [0.4, 0.5) is 5.69 Å². The normalized spacial score (nSPS) is 10.8. The molecule has 0 saturated heterocycles. The summed E-state index contributed by atoms with van der Waals surface area (Å²) in [6.07, 6.45) is 2.04. The van der Waals surface area contributed by atoms with E-state index in [1.165, 1.54) is 0 Å². The summed E-state index contributed by atoms with van der Waals surface area (Å²) in [5.41, 5.74) is 0.440. The first-order chi connectivity index (χ1) is 9.38. The van der Waals surface area contributed by atoms with Gasteiger partial charge in [-0.2, -0.15) is 5.26 Å². The SMILES string of the molecule is CCCCOc1ccc(NC(=O)C(C)(C)C)c(C#N)c1. The average Bonchev–Trinajstić information content (AvgIpc) is 2.39. The summed E-state index contributed by atoms with van der Waals surface area (Å²) in [5.74, 6) is 0.539. The topological polar surface area (TPSA) is 62.1 Å². The molecule has 0 unspecified atom stereocenters. The molecule has 1 rings (SSSR count). The molecule has 0 spiro atoms. The molecule has 1 N–H and O–H groups in total. The number of nitrogens with zero attached hydrogens (tertiary/aromatic N) is 1. The van der Waals surface area contributed by atoms with E-state index in [9.17, 15) is 10.1 Å². The summed E-state index contributed by atoms with van der Waals surface area (Å²) >= 11 is 0. The van der Waals surface area contributed by atoms with Gasteiger partial charge >= 0.3 is 0 Å². The fourth-order valence-electron chi connectivity index (χ4n) is 1.46. The van der Waals surface area contributed by atoms with Crippen LogP contribution in [0.5, 0.6) is 5.75 Å². The first-order valence-electron chi connectivity index (χ1n) is 6.87. The van der Waals surface area contributed by atoms with Crippen molar-refractivity contribution in [3.05, 3.63) is 23.8 Å². The standard InChI is InChI=1S/C16H22N2O2/c1-5-6-9-20-13-7-8-14(12(10-13)11-17)18-15(19)16(2,3)4/h7-8,10H,5-6,9H2,1-4H3,(H,18,19). The first-order valence-corrected chi connectivity index (χ1v) is 6.87. The number of carbonyl (C=O) groups is 1. The first kappa shape index (κ1) is 16.0. The lowest BCUT2D eigenvalue weighted by atomic mass is 9.95. The van der Waals surface area contributed by atoms with E-state index < -0.39 is 5.41 Å². The fraction of sp³-hybridized carbons (Fsp3) is 0.500. The number of amides is 1. The molecule has 1 amide bonds.